The molecule has 0 bridgehead atoms. The number of hydrogen-bond acceptors (Lipinski definition) is 4. The van der Waals surface area contributed by atoms with Crippen molar-refractivity contribution in [1.82, 2.24) is 4.98 Å². The molecule has 1 aromatic rings. The third-order valence-electron chi connectivity index (χ3n) is 4.88. The van der Waals surface area contributed by atoms with E-state index in [1.807, 2.05) is 12.3 Å². The largest absolute Gasteiger partial charge is 0.481 e. The quantitative estimate of drug-likeness (QED) is 0.917. The summed E-state index contributed by atoms with van der Waals surface area (Å²) >= 11 is 0. The molecular weight excluding hydrogens is 252 g/mol. The summed E-state index contributed by atoms with van der Waals surface area (Å²) in [7, 11) is 1.63. The molecular formula is C16H24N2O2. The molecule has 1 saturated carbocycles. The molecule has 2 unspecified atom stereocenters. The van der Waals surface area contributed by atoms with Gasteiger partial charge in [-0.1, -0.05) is 6.07 Å². The lowest BCUT2D eigenvalue weighted by Gasteiger charge is -2.48. The van der Waals surface area contributed by atoms with Crippen molar-refractivity contribution in [2.75, 3.05) is 13.7 Å². The third-order valence-corrected chi connectivity index (χ3v) is 4.88. The molecule has 3 rings (SSSR count). The van der Waals surface area contributed by atoms with Gasteiger partial charge in [-0.2, -0.15) is 0 Å². The van der Waals surface area contributed by atoms with Crippen LogP contribution in [0.15, 0.2) is 18.3 Å². The van der Waals surface area contributed by atoms with Crippen LogP contribution in [0.2, 0.25) is 0 Å². The van der Waals surface area contributed by atoms with E-state index in [9.17, 15) is 0 Å². The molecule has 1 spiro atoms. The first-order valence-corrected chi connectivity index (χ1v) is 7.59. The van der Waals surface area contributed by atoms with Crippen molar-refractivity contribution in [2.24, 2.45) is 11.7 Å². The van der Waals surface area contributed by atoms with Gasteiger partial charge in [-0.15, -0.1) is 0 Å². The van der Waals surface area contributed by atoms with Gasteiger partial charge in [0, 0.05) is 24.9 Å². The van der Waals surface area contributed by atoms with Crippen LogP contribution < -0.4 is 10.5 Å². The Morgan fingerprint density at radius 2 is 2.35 bits per heavy atom. The maximum atomic E-state index is 6.44. The van der Waals surface area contributed by atoms with Crippen molar-refractivity contribution in [3.63, 3.8) is 0 Å². The lowest BCUT2D eigenvalue weighted by atomic mass is 9.70. The van der Waals surface area contributed by atoms with E-state index in [0.717, 1.165) is 25.9 Å². The summed E-state index contributed by atoms with van der Waals surface area (Å²) in [5.74, 6) is 1.23. The number of aromatic nitrogens is 1. The van der Waals surface area contributed by atoms with Gasteiger partial charge in [0.2, 0.25) is 5.88 Å². The van der Waals surface area contributed by atoms with E-state index >= 15 is 0 Å². The van der Waals surface area contributed by atoms with Crippen molar-refractivity contribution in [3.8, 4) is 5.88 Å². The summed E-state index contributed by atoms with van der Waals surface area (Å²) in [4.78, 5) is 4.25. The van der Waals surface area contributed by atoms with Gasteiger partial charge in [-0.3, -0.25) is 0 Å². The van der Waals surface area contributed by atoms with E-state index in [-0.39, 0.29) is 11.6 Å². The van der Waals surface area contributed by atoms with Gasteiger partial charge in [0.25, 0.3) is 0 Å². The standard InChI is InChI=1S/C16H24N2O2/c1-19-15-4-3-12(11-18-15)9-14(17)13-5-8-20-16(10-13)6-2-7-16/h3-4,11,13-14H,2,5-10,17H2,1H3. The minimum Gasteiger partial charge on any atom is -0.481 e. The van der Waals surface area contributed by atoms with Gasteiger partial charge in [0.05, 0.1) is 12.7 Å². The zero-order chi connectivity index (χ0) is 14.0. The molecule has 0 radical (unpaired) electrons. The molecule has 4 nitrogen and oxygen atoms in total. The Hall–Kier alpha value is -1.13. The minimum absolute atomic E-state index is 0.179. The topological polar surface area (TPSA) is 57.4 Å². The Balaban J connectivity index is 1.58. The number of nitrogens with two attached hydrogens (primary N) is 1. The summed E-state index contributed by atoms with van der Waals surface area (Å²) in [6.07, 6.45) is 8.74. The molecule has 0 amide bonds. The minimum atomic E-state index is 0.179. The van der Waals surface area contributed by atoms with Crippen LogP contribution in [-0.2, 0) is 11.2 Å². The predicted octanol–water partition coefficient (Wildman–Crippen LogP) is 2.31. The number of ether oxygens (including phenoxy) is 2. The van der Waals surface area contributed by atoms with E-state index < -0.39 is 0 Å². The second kappa shape index (κ2) is 5.70. The van der Waals surface area contributed by atoms with Crippen LogP contribution in [0, 0.1) is 5.92 Å². The Bertz CT molecular complexity index is 442. The number of pyridine rings is 1. The van der Waals surface area contributed by atoms with Crippen LogP contribution in [0.5, 0.6) is 5.88 Å². The number of methoxy groups -OCH3 is 1. The average Bonchev–Trinajstić information content (AvgIpc) is 2.46. The van der Waals surface area contributed by atoms with Gasteiger partial charge in [0.1, 0.15) is 0 Å². The van der Waals surface area contributed by atoms with Crippen molar-refractivity contribution in [2.45, 2.75) is 50.2 Å². The Morgan fingerprint density at radius 3 is 2.95 bits per heavy atom. The fourth-order valence-electron chi connectivity index (χ4n) is 3.44. The van der Waals surface area contributed by atoms with E-state index in [1.165, 1.54) is 24.8 Å². The maximum absolute atomic E-state index is 6.44. The molecule has 2 atom stereocenters. The molecule has 2 aliphatic rings. The molecule has 1 saturated heterocycles. The van der Waals surface area contributed by atoms with Crippen LogP contribution in [-0.4, -0.2) is 30.3 Å². The molecule has 20 heavy (non-hydrogen) atoms. The smallest absolute Gasteiger partial charge is 0.212 e. The van der Waals surface area contributed by atoms with Gasteiger partial charge >= 0.3 is 0 Å². The highest BCUT2D eigenvalue weighted by atomic mass is 16.5. The Morgan fingerprint density at radius 1 is 1.50 bits per heavy atom. The fraction of sp³-hybridized carbons (Fsp3) is 0.688. The average molecular weight is 276 g/mol. The highest BCUT2D eigenvalue weighted by Gasteiger charge is 2.43. The summed E-state index contributed by atoms with van der Waals surface area (Å²) in [6.45, 7) is 0.874. The monoisotopic (exact) mass is 276 g/mol. The zero-order valence-corrected chi connectivity index (χ0v) is 12.2. The van der Waals surface area contributed by atoms with Crippen molar-refractivity contribution in [1.29, 1.82) is 0 Å². The van der Waals surface area contributed by atoms with E-state index in [4.69, 9.17) is 15.2 Å². The number of rotatable bonds is 4. The van der Waals surface area contributed by atoms with Crippen molar-refractivity contribution in [3.05, 3.63) is 23.9 Å². The number of nitrogens with zero attached hydrogens (tertiary/aromatic N) is 1. The first-order chi connectivity index (χ1) is 9.71. The lowest BCUT2D eigenvalue weighted by molar-refractivity contribution is -0.145. The second-order valence-electron chi connectivity index (χ2n) is 6.21. The van der Waals surface area contributed by atoms with Crippen LogP contribution in [0.3, 0.4) is 0 Å². The second-order valence-corrected chi connectivity index (χ2v) is 6.21. The van der Waals surface area contributed by atoms with Crippen molar-refractivity contribution >= 4 is 0 Å². The lowest BCUT2D eigenvalue weighted by Crippen LogP contribution is -2.49. The number of hydrogen-bond donors (Lipinski definition) is 1. The van der Waals surface area contributed by atoms with Crippen LogP contribution >= 0.6 is 0 Å². The molecule has 2 N–H and O–H groups in total. The molecule has 4 heteroatoms. The zero-order valence-electron chi connectivity index (χ0n) is 12.2. The van der Waals surface area contributed by atoms with Crippen LogP contribution in [0.25, 0.3) is 0 Å². The van der Waals surface area contributed by atoms with Gasteiger partial charge in [0.15, 0.2) is 0 Å². The molecule has 110 valence electrons. The molecule has 0 aromatic carbocycles. The highest BCUT2D eigenvalue weighted by molar-refractivity contribution is 5.18. The van der Waals surface area contributed by atoms with Crippen LogP contribution in [0.4, 0.5) is 0 Å². The molecule has 1 aliphatic heterocycles. The normalized spacial score (nSPS) is 26.0. The molecule has 1 aromatic heterocycles. The fourth-order valence-corrected chi connectivity index (χ4v) is 3.44. The van der Waals surface area contributed by atoms with Crippen LogP contribution in [0.1, 0.15) is 37.7 Å². The summed E-state index contributed by atoms with van der Waals surface area (Å²) in [5, 5.41) is 0. The van der Waals surface area contributed by atoms with Gasteiger partial charge in [-0.05, 0) is 50.0 Å². The highest BCUT2D eigenvalue weighted by Crippen LogP contribution is 2.44. The van der Waals surface area contributed by atoms with E-state index in [0.29, 0.717) is 11.8 Å². The van der Waals surface area contributed by atoms with E-state index in [1.54, 1.807) is 7.11 Å². The first kappa shape index (κ1) is 13.8. The van der Waals surface area contributed by atoms with E-state index in [2.05, 4.69) is 11.1 Å². The first-order valence-electron chi connectivity index (χ1n) is 7.59. The molecule has 2 heterocycles. The SMILES string of the molecule is COc1ccc(CC(N)C2CCOC3(CCC3)C2)cn1. The molecule has 2 fully saturated rings. The summed E-state index contributed by atoms with van der Waals surface area (Å²) in [5.41, 5.74) is 7.80. The molecule has 1 aliphatic carbocycles. The Kier molecular flexibility index (Phi) is 3.94. The summed E-state index contributed by atoms with van der Waals surface area (Å²) < 4.78 is 11.1. The third kappa shape index (κ3) is 2.81. The van der Waals surface area contributed by atoms with Gasteiger partial charge in [-0.25, -0.2) is 4.98 Å². The predicted molar refractivity (Wildman–Crippen MR) is 77.7 cm³/mol. The maximum Gasteiger partial charge on any atom is 0.212 e. The van der Waals surface area contributed by atoms with Gasteiger partial charge < -0.3 is 15.2 Å². The van der Waals surface area contributed by atoms with Crippen molar-refractivity contribution < 1.29 is 9.47 Å². The summed E-state index contributed by atoms with van der Waals surface area (Å²) in [6, 6.07) is 4.16. The Labute approximate surface area is 120 Å².